The van der Waals surface area contributed by atoms with E-state index >= 15 is 0 Å². The number of benzene rings is 1. The fourth-order valence-electron chi connectivity index (χ4n) is 2.87. The quantitative estimate of drug-likeness (QED) is 0.774. The van der Waals surface area contributed by atoms with Crippen LogP contribution in [0.5, 0.6) is 0 Å². The van der Waals surface area contributed by atoms with E-state index in [1.807, 2.05) is 6.07 Å². The van der Waals surface area contributed by atoms with Gasteiger partial charge in [-0.1, -0.05) is 6.07 Å². The molecule has 0 spiro atoms. The van der Waals surface area contributed by atoms with E-state index in [0.717, 1.165) is 51.5 Å². The summed E-state index contributed by atoms with van der Waals surface area (Å²) in [5.41, 5.74) is 1.05. The van der Waals surface area contributed by atoms with Gasteiger partial charge in [-0.2, -0.15) is 0 Å². The van der Waals surface area contributed by atoms with Gasteiger partial charge in [0.1, 0.15) is 5.82 Å². The molecule has 2 saturated heterocycles. The average Bonchev–Trinajstić information content (AvgIpc) is 2.43. The van der Waals surface area contributed by atoms with Gasteiger partial charge in [-0.15, -0.1) is 0 Å². The number of hydrogen-bond donors (Lipinski definition) is 0. The van der Waals surface area contributed by atoms with Crippen molar-refractivity contribution in [2.75, 3.05) is 39.4 Å². The van der Waals surface area contributed by atoms with Crippen LogP contribution in [0, 0.1) is 5.82 Å². The average molecular weight is 278 g/mol. The molecule has 3 rings (SSSR count). The fraction of sp³-hybridized carbons (Fsp3) is 0.533. The van der Waals surface area contributed by atoms with Crippen molar-refractivity contribution in [3.05, 3.63) is 35.1 Å². The Hall–Kier alpha value is -1.30. The van der Waals surface area contributed by atoms with Crippen molar-refractivity contribution in [1.82, 2.24) is 9.80 Å². The molecule has 0 radical (unpaired) electrons. The molecule has 2 aliphatic rings. The lowest BCUT2D eigenvalue weighted by molar-refractivity contribution is -0.0344. The van der Waals surface area contributed by atoms with E-state index in [9.17, 15) is 9.18 Å². The van der Waals surface area contributed by atoms with Crippen LogP contribution in [0.3, 0.4) is 0 Å². The Morgan fingerprint density at radius 2 is 2.05 bits per heavy atom. The fourth-order valence-corrected chi connectivity index (χ4v) is 2.87. The number of rotatable bonds is 4. The molecule has 2 aliphatic heterocycles. The molecule has 4 nitrogen and oxygen atoms in total. The lowest BCUT2D eigenvalue weighted by Crippen LogP contribution is -2.60. The topological polar surface area (TPSA) is 32.8 Å². The van der Waals surface area contributed by atoms with Crippen LogP contribution >= 0.6 is 0 Å². The lowest BCUT2D eigenvalue weighted by Gasteiger charge is -2.46. The third-order valence-electron chi connectivity index (χ3n) is 4.10. The Kier molecular flexibility index (Phi) is 4.10. The predicted octanol–water partition coefficient (Wildman–Crippen LogP) is 1.15. The smallest absolute Gasteiger partial charge is 0.152 e. The first-order valence-electron chi connectivity index (χ1n) is 7.04. The molecule has 1 aromatic carbocycles. The van der Waals surface area contributed by atoms with Crippen molar-refractivity contribution < 1.29 is 13.9 Å². The maximum atomic E-state index is 13.5. The zero-order valence-electron chi connectivity index (χ0n) is 11.4. The summed E-state index contributed by atoms with van der Waals surface area (Å²) < 4.78 is 18.9. The molecule has 1 aromatic rings. The second-order valence-electron chi connectivity index (χ2n) is 5.47. The van der Waals surface area contributed by atoms with Gasteiger partial charge in [-0.3, -0.25) is 14.6 Å². The SMILES string of the molecule is O=Cc1ccc(CN2CC(N3CCOCC3)C2)cc1F. The summed E-state index contributed by atoms with van der Waals surface area (Å²) in [6.45, 7) is 6.48. The number of likely N-dealkylation sites (tertiary alicyclic amines) is 1. The first-order chi connectivity index (χ1) is 9.76. The number of halogens is 1. The van der Waals surface area contributed by atoms with E-state index in [4.69, 9.17) is 4.74 Å². The van der Waals surface area contributed by atoms with Crippen molar-refractivity contribution in [2.45, 2.75) is 12.6 Å². The van der Waals surface area contributed by atoms with Gasteiger partial charge in [0.15, 0.2) is 6.29 Å². The van der Waals surface area contributed by atoms with Gasteiger partial charge in [0.25, 0.3) is 0 Å². The van der Waals surface area contributed by atoms with Crippen LogP contribution in [-0.2, 0) is 11.3 Å². The van der Waals surface area contributed by atoms with Gasteiger partial charge in [0.05, 0.1) is 18.8 Å². The van der Waals surface area contributed by atoms with Crippen molar-refractivity contribution in [3.8, 4) is 0 Å². The van der Waals surface area contributed by atoms with Gasteiger partial charge in [0, 0.05) is 38.8 Å². The van der Waals surface area contributed by atoms with Crippen LogP contribution in [0.1, 0.15) is 15.9 Å². The maximum Gasteiger partial charge on any atom is 0.152 e. The molecule has 0 unspecified atom stereocenters. The zero-order chi connectivity index (χ0) is 13.9. The van der Waals surface area contributed by atoms with Gasteiger partial charge >= 0.3 is 0 Å². The third kappa shape index (κ3) is 2.90. The highest BCUT2D eigenvalue weighted by Gasteiger charge is 2.32. The van der Waals surface area contributed by atoms with E-state index < -0.39 is 5.82 Å². The van der Waals surface area contributed by atoms with Gasteiger partial charge in [-0.25, -0.2) is 4.39 Å². The normalized spacial score (nSPS) is 21.6. The van der Waals surface area contributed by atoms with Gasteiger partial charge in [-0.05, 0) is 17.7 Å². The van der Waals surface area contributed by atoms with E-state index in [-0.39, 0.29) is 5.56 Å². The molecular weight excluding hydrogens is 259 g/mol. The number of aldehydes is 1. The molecule has 0 N–H and O–H groups in total. The minimum Gasteiger partial charge on any atom is -0.379 e. The van der Waals surface area contributed by atoms with E-state index in [1.54, 1.807) is 6.07 Å². The zero-order valence-corrected chi connectivity index (χ0v) is 11.4. The van der Waals surface area contributed by atoms with E-state index in [0.29, 0.717) is 12.3 Å². The van der Waals surface area contributed by atoms with Crippen molar-refractivity contribution in [3.63, 3.8) is 0 Å². The number of carbonyl (C=O) groups excluding carboxylic acids is 1. The molecule has 0 saturated carbocycles. The number of morpholine rings is 1. The molecule has 108 valence electrons. The Morgan fingerprint density at radius 1 is 1.30 bits per heavy atom. The first kappa shape index (κ1) is 13.7. The summed E-state index contributed by atoms with van der Waals surface area (Å²) in [7, 11) is 0. The Balaban J connectivity index is 1.50. The summed E-state index contributed by atoms with van der Waals surface area (Å²) in [4.78, 5) is 15.3. The van der Waals surface area contributed by atoms with Crippen LogP contribution in [0.4, 0.5) is 4.39 Å². The Labute approximate surface area is 118 Å². The monoisotopic (exact) mass is 278 g/mol. The number of nitrogens with zero attached hydrogens (tertiary/aromatic N) is 2. The highest BCUT2D eigenvalue weighted by molar-refractivity contribution is 5.75. The molecule has 2 fully saturated rings. The highest BCUT2D eigenvalue weighted by atomic mass is 19.1. The molecule has 0 atom stereocenters. The lowest BCUT2D eigenvalue weighted by atomic mass is 10.0. The summed E-state index contributed by atoms with van der Waals surface area (Å²) in [5, 5.41) is 0. The minimum absolute atomic E-state index is 0.128. The van der Waals surface area contributed by atoms with Crippen LogP contribution in [0.15, 0.2) is 18.2 Å². The van der Waals surface area contributed by atoms with Crippen LogP contribution < -0.4 is 0 Å². The molecule has 0 amide bonds. The molecule has 2 heterocycles. The second-order valence-corrected chi connectivity index (χ2v) is 5.47. The van der Waals surface area contributed by atoms with Crippen LogP contribution in [0.25, 0.3) is 0 Å². The summed E-state index contributed by atoms with van der Waals surface area (Å²) >= 11 is 0. The van der Waals surface area contributed by atoms with Crippen molar-refractivity contribution in [2.24, 2.45) is 0 Å². The maximum absolute atomic E-state index is 13.5. The molecule has 0 aliphatic carbocycles. The largest absolute Gasteiger partial charge is 0.379 e. The summed E-state index contributed by atoms with van der Waals surface area (Å²) in [5.74, 6) is -0.428. The second kappa shape index (κ2) is 5.99. The van der Waals surface area contributed by atoms with E-state index in [1.165, 1.54) is 6.07 Å². The number of hydrogen-bond acceptors (Lipinski definition) is 4. The molecule has 0 bridgehead atoms. The van der Waals surface area contributed by atoms with Crippen molar-refractivity contribution >= 4 is 6.29 Å². The first-order valence-corrected chi connectivity index (χ1v) is 7.04. The number of carbonyl (C=O) groups is 1. The molecule has 0 aromatic heterocycles. The van der Waals surface area contributed by atoms with Crippen LogP contribution in [0.2, 0.25) is 0 Å². The van der Waals surface area contributed by atoms with Gasteiger partial charge < -0.3 is 4.74 Å². The predicted molar refractivity (Wildman–Crippen MR) is 73.2 cm³/mol. The molecule has 20 heavy (non-hydrogen) atoms. The summed E-state index contributed by atoms with van der Waals surface area (Å²) in [6.07, 6.45) is 0.553. The van der Waals surface area contributed by atoms with E-state index in [2.05, 4.69) is 9.80 Å². The highest BCUT2D eigenvalue weighted by Crippen LogP contribution is 2.19. The Morgan fingerprint density at radius 3 is 2.70 bits per heavy atom. The van der Waals surface area contributed by atoms with Crippen LogP contribution in [-0.4, -0.2) is 61.5 Å². The van der Waals surface area contributed by atoms with Gasteiger partial charge in [0.2, 0.25) is 0 Å². The number of ether oxygens (including phenoxy) is 1. The summed E-state index contributed by atoms with van der Waals surface area (Å²) in [6, 6.07) is 5.45. The molecular formula is C15H19FN2O2. The molecule has 5 heteroatoms. The standard InChI is InChI=1S/C15H19FN2O2/c16-15-7-12(1-2-13(15)11-19)8-17-9-14(10-17)18-3-5-20-6-4-18/h1-2,7,11,14H,3-6,8-10H2. The Bertz CT molecular complexity index is 483. The minimum atomic E-state index is -0.428. The van der Waals surface area contributed by atoms with Crippen molar-refractivity contribution in [1.29, 1.82) is 0 Å². The third-order valence-corrected chi connectivity index (χ3v) is 4.10.